The second-order valence-electron chi connectivity index (χ2n) is 3.69. The molecule has 0 N–H and O–H groups in total. The first-order valence-corrected chi connectivity index (χ1v) is 4.74. The van der Waals surface area contributed by atoms with E-state index in [0.29, 0.717) is 0 Å². The molecule has 0 unspecified atom stereocenters. The molecule has 1 aliphatic rings. The zero-order valence-corrected chi connectivity index (χ0v) is 9.39. The number of rotatable bonds is 3. The van der Waals surface area contributed by atoms with E-state index >= 15 is 0 Å². The molecule has 5 nitrogen and oxygen atoms in total. The molecule has 0 spiro atoms. The summed E-state index contributed by atoms with van der Waals surface area (Å²) in [6.45, 7) is 1.49. The van der Waals surface area contributed by atoms with E-state index in [2.05, 4.69) is 0 Å². The van der Waals surface area contributed by atoms with Gasteiger partial charge in [-0.05, 0) is 13.0 Å². The number of ketones is 2. The van der Waals surface area contributed by atoms with E-state index in [1.807, 2.05) is 0 Å². The van der Waals surface area contributed by atoms with Gasteiger partial charge in [0.2, 0.25) is 0 Å². The van der Waals surface area contributed by atoms with E-state index in [9.17, 15) is 14.4 Å². The predicted molar refractivity (Wildman–Crippen MR) is 56.2 cm³/mol. The van der Waals surface area contributed by atoms with E-state index in [0.717, 1.165) is 6.08 Å². The Morgan fingerprint density at radius 3 is 2.56 bits per heavy atom. The smallest absolute Gasteiger partial charge is 0.329 e. The maximum atomic E-state index is 11.6. The fourth-order valence-corrected chi connectivity index (χ4v) is 1.22. The first-order valence-electron chi connectivity index (χ1n) is 4.74. The van der Waals surface area contributed by atoms with Gasteiger partial charge in [0.1, 0.15) is 5.76 Å². The Morgan fingerprint density at radius 1 is 1.44 bits per heavy atom. The Labute approximate surface area is 93.4 Å². The fraction of sp³-hybridized carbons (Fsp3) is 0.364. The molecule has 0 aromatic heterocycles. The third-order valence-corrected chi connectivity index (χ3v) is 1.95. The Balaban J connectivity index is 2.85. The van der Waals surface area contributed by atoms with Gasteiger partial charge in [-0.1, -0.05) is 0 Å². The first kappa shape index (κ1) is 12.2. The first-order chi connectivity index (χ1) is 7.41. The molecule has 86 valence electrons. The van der Waals surface area contributed by atoms with Gasteiger partial charge in [-0.25, -0.2) is 0 Å². The Hall–Kier alpha value is -1.91. The minimum Gasteiger partial charge on any atom is -0.430 e. The Morgan fingerprint density at radius 2 is 2.06 bits per heavy atom. The van der Waals surface area contributed by atoms with Crippen LogP contribution in [0.5, 0.6) is 0 Å². The largest absolute Gasteiger partial charge is 0.430 e. The van der Waals surface area contributed by atoms with Crippen molar-refractivity contribution in [2.75, 3.05) is 14.1 Å². The molecule has 16 heavy (non-hydrogen) atoms. The van der Waals surface area contributed by atoms with Crippen molar-refractivity contribution in [1.82, 2.24) is 4.90 Å². The van der Waals surface area contributed by atoms with Crippen LogP contribution in [0.15, 0.2) is 24.1 Å². The minimum absolute atomic E-state index is 0.218. The summed E-state index contributed by atoms with van der Waals surface area (Å²) in [6, 6.07) is 0. The molecule has 0 aromatic rings. The van der Waals surface area contributed by atoms with Gasteiger partial charge in [0.25, 0.3) is 0 Å². The van der Waals surface area contributed by atoms with Crippen molar-refractivity contribution in [3.05, 3.63) is 24.1 Å². The van der Waals surface area contributed by atoms with Gasteiger partial charge in [0.05, 0.1) is 0 Å². The van der Waals surface area contributed by atoms with Crippen LogP contribution in [0, 0.1) is 5.92 Å². The molecule has 1 atom stereocenters. The van der Waals surface area contributed by atoms with Crippen LogP contribution in [0.4, 0.5) is 0 Å². The van der Waals surface area contributed by atoms with E-state index in [1.54, 1.807) is 19.0 Å². The monoisotopic (exact) mass is 223 g/mol. The van der Waals surface area contributed by atoms with Crippen LogP contribution in [0.2, 0.25) is 0 Å². The number of carbonyl (C=O) groups excluding carboxylic acids is 3. The van der Waals surface area contributed by atoms with E-state index in [1.165, 1.54) is 19.2 Å². The number of nitrogens with zero attached hydrogens (tertiary/aromatic N) is 1. The van der Waals surface area contributed by atoms with Crippen LogP contribution < -0.4 is 0 Å². The van der Waals surface area contributed by atoms with Crippen molar-refractivity contribution in [1.29, 1.82) is 0 Å². The lowest BCUT2D eigenvalue weighted by Gasteiger charge is -2.16. The third-order valence-electron chi connectivity index (χ3n) is 1.95. The second-order valence-corrected chi connectivity index (χ2v) is 3.69. The van der Waals surface area contributed by atoms with Crippen LogP contribution in [0.3, 0.4) is 0 Å². The number of esters is 1. The lowest BCUT2D eigenvalue weighted by molar-refractivity contribution is -0.151. The molecule has 0 bridgehead atoms. The molecule has 0 amide bonds. The van der Waals surface area contributed by atoms with Crippen LogP contribution in [-0.2, 0) is 19.1 Å². The number of allylic oxidation sites excluding steroid dienone is 3. The average molecular weight is 223 g/mol. The highest BCUT2D eigenvalue weighted by molar-refractivity contribution is 6.24. The van der Waals surface area contributed by atoms with Gasteiger partial charge in [-0.15, -0.1) is 0 Å². The van der Waals surface area contributed by atoms with Crippen molar-refractivity contribution < 1.29 is 19.1 Å². The lowest BCUT2D eigenvalue weighted by atomic mass is 9.96. The van der Waals surface area contributed by atoms with Gasteiger partial charge in [-0.2, -0.15) is 0 Å². The number of cyclic esters (lactones) is 1. The Bertz CT molecular complexity index is 393. The molecule has 0 radical (unpaired) electrons. The molecule has 0 saturated carbocycles. The topological polar surface area (TPSA) is 63.7 Å². The molecule has 0 fully saturated rings. The normalized spacial score (nSPS) is 20.7. The summed E-state index contributed by atoms with van der Waals surface area (Å²) in [6.07, 6.45) is 3.83. The van der Waals surface area contributed by atoms with Crippen molar-refractivity contribution in [2.24, 2.45) is 5.92 Å². The molecule has 1 heterocycles. The summed E-state index contributed by atoms with van der Waals surface area (Å²) in [5.41, 5.74) is 0. The zero-order chi connectivity index (χ0) is 12.3. The quantitative estimate of drug-likeness (QED) is 0.390. The molecule has 1 aliphatic heterocycles. The van der Waals surface area contributed by atoms with E-state index in [-0.39, 0.29) is 5.76 Å². The van der Waals surface area contributed by atoms with Crippen LogP contribution in [0.25, 0.3) is 0 Å². The van der Waals surface area contributed by atoms with Crippen molar-refractivity contribution in [2.45, 2.75) is 6.92 Å². The predicted octanol–water partition coefficient (Wildman–Crippen LogP) is 0.277. The van der Waals surface area contributed by atoms with Gasteiger partial charge < -0.3 is 9.64 Å². The van der Waals surface area contributed by atoms with Gasteiger partial charge in [0.15, 0.2) is 17.5 Å². The minimum atomic E-state index is -1.35. The van der Waals surface area contributed by atoms with Gasteiger partial charge >= 0.3 is 5.97 Å². The number of carbonyl (C=O) groups is 3. The number of hydrogen-bond acceptors (Lipinski definition) is 5. The maximum Gasteiger partial charge on any atom is 0.329 e. The highest BCUT2D eigenvalue weighted by atomic mass is 16.5. The molecule has 0 aliphatic carbocycles. The number of ether oxygens (including phenoxy) is 1. The highest BCUT2D eigenvalue weighted by Crippen LogP contribution is 2.15. The lowest BCUT2D eigenvalue weighted by Crippen LogP contribution is -2.34. The molecule has 1 rings (SSSR count). The standard InChI is InChI=1S/C11H13NO4/c1-7-6-9(14)10(11(15)16-7)8(13)4-5-12(2)3/h4-6,10H,1-3H3/b5-4+/t10-/m1/s1. The van der Waals surface area contributed by atoms with Gasteiger partial charge in [0, 0.05) is 26.4 Å². The molecule has 0 saturated heterocycles. The van der Waals surface area contributed by atoms with Crippen molar-refractivity contribution >= 4 is 17.5 Å². The van der Waals surface area contributed by atoms with Crippen LogP contribution in [0.1, 0.15) is 6.92 Å². The fourth-order valence-electron chi connectivity index (χ4n) is 1.22. The summed E-state index contributed by atoms with van der Waals surface area (Å²) in [5, 5.41) is 0. The third kappa shape index (κ3) is 2.79. The summed E-state index contributed by atoms with van der Waals surface area (Å²) >= 11 is 0. The van der Waals surface area contributed by atoms with Gasteiger partial charge in [-0.3, -0.25) is 14.4 Å². The molecular formula is C11H13NO4. The number of hydrogen-bond donors (Lipinski definition) is 0. The summed E-state index contributed by atoms with van der Waals surface area (Å²) < 4.78 is 4.73. The SMILES string of the molecule is CC1=CC(=O)[C@@H](C(=O)/C=C/N(C)C)C(=O)O1. The second kappa shape index (κ2) is 4.74. The molecule has 0 aromatic carbocycles. The molecule has 5 heteroatoms. The van der Waals surface area contributed by atoms with E-state index < -0.39 is 23.5 Å². The average Bonchev–Trinajstić information content (AvgIpc) is 2.12. The highest BCUT2D eigenvalue weighted by Gasteiger charge is 2.36. The zero-order valence-electron chi connectivity index (χ0n) is 9.39. The summed E-state index contributed by atoms with van der Waals surface area (Å²) in [7, 11) is 3.46. The summed E-state index contributed by atoms with van der Waals surface area (Å²) in [4.78, 5) is 36.0. The van der Waals surface area contributed by atoms with E-state index in [4.69, 9.17) is 4.74 Å². The van der Waals surface area contributed by atoms with Crippen LogP contribution in [-0.4, -0.2) is 36.5 Å². The van der Waals surface area contributed by atoms with Crippen molar-refractivity contribution in [3.63, 3.8) is 0 Å². The molecular weight excluding hydrogens is 210 g/mol. The van der Waals surface area contributed by atoms with Crippen LogP contribution >= 0.6 is 0 Å². The Kier molecular flexibility index (Phi) is 3.60. The summed E-state index contributed by atoms with van der Waals surface area (Å²) in [5.74, 6) is -3.02. The maximum absolute atomic E-state index is 11.6. The van der Waals surface area contributed by atoms with Crippen molar-refractivity contribution in [3.8, 4) is 0 Å².